The van der Waals surface area contributed by atoms with Crippen LogP contribution in [0.3, 0.4) is 0 Å². The first-order valence-electron chi connectivity index (χ1n) is 7.99. The molecule has 5 nitrogen and oxygen atoms in total. The molecule has 0 saturated carbocycles. The first-order chi connectivity index (χ1) is 12.0. The molecule has 2 aromatic rings. The van der Waals surface area contributed by atoms with E-state index in [1.165, 1.54) is 0 Å². The predicted octanol–water partition coefficient (Wildman–Crippen LogP) is 4.51. The van der Waals surface area contributed by atoms with Crippen molar-refractivity contribution in [2.45, 2.75) is 20.0 Å². The zero-order chi connectivity index (χ0) is 18.2. The van der Waals surface area contributed by atoms with Crippen molar-refractivity contribution in [2.24, 2.45) is 0 Å². The van der Waals surface area contributed by atoms with E-state index >= 15 is 0 Å². The SMILES string of the molecule is COCCOc1ccc(NC(=O)c2cc(Br)ccc2OC(C)C)cc1. The van der Waals surface area contributed by atoms with Gasteiger partial charge in [-0.3, -0.25) is 4.79 Å². The molecule has 6 heteroatoms. The fourth-order valence-electron chi connectivity index (χ4n) is 2.11. The molecule has 1 N–H and O–H groups in total. The number of benzene rings is 2. The molecule has 0 bridgehead atoms. The van der Waals surface area contributed by atoms with E-state index in [0.717, 1.165) is 10.2 Å². The summed E-state index contributed by atoms with van der Waals surface area (Å²) in [6, 6.07) is 12.6. The molecule has 2 aromatic carbocycles. The largest absolute Gasteiger partial charge is 0.491 e. The number of methoxy groups -OCH3 is 1. The molecule has 0 saturated heterocycles. The van der Waals surface area contributed by atoms with Crippen molar-refractivity contribution in [3.63, 3.8) is 0 Å². The van der Waals surface area contributed by atoms with Gasteiger partial charge in [0.25, 0.3) is 5.91 Å². The van der Waals surface area contributed by atoms with Gasteiger partial charge in [0.2, 0.25) is 0 Å². The Morgan fingerprint density at radius 1 is 1.12 bits per heavy atom. The molecule has 0 aliphatic carbocycles. The second-order valence-electron chi connectivity index (χ2n) is 5.63. The number of nitrogens with one attached hydrogen (secondary N) is 1. The predicted molar refractivity (Wildman–Crippen MR) is 102 cm³/mol. The molecule has 0 spiro atoms. The van der Waals surface area contributed by atoms with Gasteiger partial charge in [0.1, 0.15) is 18.1 Å². The quantitative estimate of drug-likeness (QED) is 0.653. The molecule has 0 aliphatic heterocycles. The van der Waals surface area contributed by atoms with Crippen LogP contribution in [0, 0.1) is 0 Å². The molecule has 2 rings (SSSR count). The average Bonchev–Trinajstić information content (AvgIpc) is 2.58. The Labute approximate surface area is 156 Å². The molecule has 0 atom stereocenters. The van der Waals surface area contributed by atoms with Gasteiger partial charge in [0.15, 0.2) is 0 Å². The first kappa shape index (κ1) is 19.3. The van der Waals surface area contributed by atoms with Crippen LogP contribution in [-0.2, 0) is 4.74 Å². The average molecular weight is 408 g/mol. The third-order valence-electron chi connectivity index (χ3n) is 3.22. The highest BCUT2D eigenvalue weighted by atomic mass is 79.9. The monoisotopic (exact) mass is 407 g/mol. The Morgan fingerprint density at radius 3 is 2.48 bits per heavy atom. The van der Waals surface area contributed by atoms with Crippen molar-refractivity contribution in [2.75, 3.05) is 25.6 Å². The minimum Gasteiger partial charge on any atom is -0.491 e. The molecule has 0 radical (unpaired) electrons. The molecular weight excluding hydrogens is 386 g/mol. The van der Waals surface area contributed by atoms with Gasteiger partial charge in [0, 0.05) is 17.3 Å². The number of hydrogen-bond acceptors (Lipinski definition) is 4. The lowest BCUT2D eigenvalue weighted by Crippen LogP contribution is -2.15. The minimum atomic E-state index is -0.231. The number of ether oxygens (including phenoxy) is 3. The van der Waals surface area contributed by atoms with Crippen LogP contribution < -0.4 is 14.8 Å². The van der Waals surface area contributed by atoms with Crippen LogP contribution in [0.25, 0.3) is 0 Å². The third-order valence-corrected chi connectivity index (χ3v) is 3.71. The summed E-state index contributed by atoms with van der Waals surface area (Å²) in [7, 11) is 1.63. The molecule has 25 heavy (non-hydrogen) atoms. The zero-order valence-corrected chi connectivity index (χ0v) is 16.1. The standard InChI is InChI=1S/C19H22BrNO4/c1-13(2)25-18-9-4-14(20)12-17(18)19(22)21-15-5-7-16(8-6-15)24-11-10-23-3/h4-9,12-13H,10-11H2,1-3H3,(H,21,22). The molecule has 0 fully saturated rings. The van der Waals surface area contributed by atoms with E-state index in [2.05, 4.69) is 21.2 Å². The normalized spacial score (nSPS) is 10.6. The highest BCUT2D eigenvalue weighted by Crippen LogP contribution is 2.25. The molecule has 0 aromatic heterocycles. The van der Waals surface area contributed by atoms with Gasteiger partial charge in [-0.25, -0.2) is 0 Å². The number of amides is 1. The molecule has 1 amide bonds. The van der Waals surface area contributed by atoms with Gasteiger partial charge in [-0.05, 0) is 56.3 Å². The second kappa shape index (κ2) is 9.44. The number of carbonyl (C=O) groups is 1. The summed E-state index contributed by atoms with van der Waals surface area (Å²) < 4.78 is 17.0. The number of hydrogen-bond donors (Lipinski definition) is 1. The smallest absolute Gasteiger partial charge is 0.259 e. The molecular formula is C19H22BrNO4. The lowest BCUT2D eigenvalue weighted by atomic mass is 10.1. The molecule has 0 aliphatic rings. The van der Waals surface area contributed by atoms with Crippen molar-refractivity contribution in [3.05, 3.63) is 52.5 Å². The summed E-state index contributed by atoms with van der Waals surface area (Å²) in [5.74, 6) is 1.04. The Balaban J connectivity index is 2.07. The van der Waals surface area contributed by atoms with Crippen LogP contribution in [0.2, 0.25) is 0 Å². The maximum absolute atomic E-state index is 12.6. The lowest BCUT2D eigenvalue weighted by Gasteiger charge is -2.15. The van der Waals surface area contributed by atoms with E-state index in [1.807, 2.05) is 19.9 Å². The van der Waals surface area contributed by atoms with E-state index in [-0.39, 0.29) is 12.0 Å². The molecule has 0 heterocycles. The van der Waals surface area contributed by atoms with Crippen molar-refractivity contribution in [1.82, 2.24) is 0 Å². The van der Waals surface area contributed by atoms with E-state index in [0.29, 0.717) is 30.2 Å². The number of anilines is 1. The fraction of sp³-hybridized carbons (Fsp3) is 0.316. The highest BCUT2D eigenvalue weighted by molar-refractivity contribution is 9.10. The highest BCUT2D eigenvalue weighted by Gasteiger charge is 2.14. The fourth-order valence-corrected chi connectivity index (χ4v) is 2.47. The summed E-state index contributed by atoms with van der Waals surface area (Å²) in [5.41, 5.74) is 1.16. The van der Waals surface area contributed by atoms with Crippen LogP contribution in [0.4, 0.5) is 5.69 Å². The number of halogens is 1. The van der Waals surface area contributed by atoms with Crippen LogP contribution >= 0.6 is 15.9 Å². The minimum absolute atomic E-state index is 0.0174. The summed E-state index contributed by atoms with van der Waals surface area (Å²) in [4.78, 5) is 12.6. The lowest BCUT2D eigenvalue weighted by molar-refractivity contribution is 0.102. The van der Waals surface area contributed by atoms with Gasteiger partial charge in [-0.15, -0.1) is 0 Å². The van der Waals surface area contributed by atoms with Gasteiger partial charge < -0.3 is 19.5 Å². The van der Waals surface area contributed by atoms with E-state index in [4.69, 9.17) is 14.2 Å². The zero-order valence-electron chi connectivity index (χ0n) is 14.5. The van der Waals surface area contributed by atoms with Crippen LogP contribution in [-0.4, -0.2) is 32.3 Å². The molecule has 134 valence electrons. The topological polar surface area (TPSA) is 56.8 Å². The molecule has 0 unspecified atom stereocenters. The van der Waals surface area contributed by atoms with Crippen molar-refractivity contribution < 1.29 is 19.0 Å². The maximum Gasteiger partial charge on any atom is 0.259 e. The summed E-state index contributed by atoms with van der Waals surface area (Å²) in [6.07, 6.45) is -0.0174. The van der Waals surface area contributed by atoms with Gasteiger partial charge >= 0.3 is 0 Å². The van der Waals surface area contributed by atoms with Gasteiger partial charge in [0.05, 0.1) is 18.3 Å². The van der Waals surface area contributed by atoms with Crippen LogP contribution in [0.5, 0.6) is 11.5 Å². The Kier molecular flexibility index (Phi) is 7.28. The van der Waals surface area contributed by atoms with Crippen molar-refractivity contribution >= 4 is 27.5 Å². The van der Waals surface area contributed by atoms with Crippen LogP contribution in [0.15, 0.2) is 46.9 Å². The van der Waals surface area contributed by atoms with Crippen molar-refractivity contribution in [3.8, 4) is 11.5 Å². The Hall–Kier alpha value is -2.05. The maximum atomic E-state index is 12.6. The van der Waals surface area contributed by atoms with E-state index in [1.54, 1.807) is 43.5 Å². The summed E-state index contributed by atoms with van der Waals surface area (Å²) in [5, 5.41) is 2.87. The summed E-state index contributed by atoms with van der Waals surface area (Å²) >= 11 is 3.39. The van der Waals surface area contributed by atoms with Crippen LogP contribution in [0.1, 0.15) is 24.2 Å². The second-order valence-corrected chi connectivity index (χ2v) is 6.54. The summed E-state index contributed by atoms with van der Waals surface area (Å²) in [6.45, 7) is 4.86. The first-order valence-corrected chi connectivity index (χ1v) is 8.78. The number of carbonyl (C=O) groups excluding carboxylic acids is 1. The Morgan fingerprint density at radius 2 is 1.84 bits per heavy atom. The van der Waals surface area contributed by atoms with Gasteiger partial charge in [-0.1, -0.05) is 15.9 Å². The number of rotatable bonds is 8. The van der Waals surface area contributed by atoms with Gasteiger partial charge in [-0.2, -0.15) is 0 Å². The third kappa shape index (κ3) is 6.07. The Bertz CT molecular complexity index is 701. The van der Waals surface area contributed by atoms with Crippen molar-refractivity contribution in [1.29, 1.82) is 0 Å². The van der Waals surface area contributed by atoms with E-state index < -0.39 is 0 Å². The van der Waals surface area contributed by atoms with E-state index in [9.17, 15) is 4.79 Å².